The smallest absolute Gasteiger partial charge is 0.262 e. The van der Waals surface area contributed by atoms with E-state index in [2.05, 4.69) is 0 Å². The van der Waals surface area contributed by atoms with Crippen LogP contribution in [0.4, 0.5) is 5.69 Å². The zero-order chi connectivity index (χ0) is 13.2. The third-order valence-corrected chi connectivity index (χ3v) is 3.30. The Morgan fingerprint density at radius 3 is 2.16 bits per heavy atom. The number of carbonyl (C=O) groups is 1. The van der Waals surface area contributed by atoms with Crippen molar-refractivity contribution in [3.8, 4) is 0 Å². The van der Waals surface area contributed by atoms with Crippen LogP contribution in [0, 0.1) is 0 Å². The predicted octanol–water partition coefficient (Wildman–Crippen LogP) is 3.14. The second kappa shape index (κ2) is 4.86. The van der Waals surface area contributed by atoms with Crippen LogP contribution in [-0.2, 0) is 9.53 Å². The topological polar surface area (TPSA) is 29.5 Å². The summed E-state index contributed by atoms with van der Waals surface area (Å²) >= 11 is 0. The Balaban J connectivity index is 1.92. The van der Waals surface area contributed by atoms with Crippen molar-refractivity contribution in [3.05, 3.63) is 66.2 Å². The predicted molar refractivity (Wildman–Crippen MR) is 73.7 cm³/mol. The molecule has 96 valence electrons. The minimum absolute atomic E-state index is 0.00935. The maximum Gasteiger partial charge on any atom is 0.262 e. The molecular formula is C16H15NO2. The van der Waals surface area contributed by atoms with Crippen LogP contribution >= 0.6 is 0 Å². The first-order chi connectivity index (χ1) is 9.27. The molecule has 1 amide bonds. The number of carbonyl (C=O) groups excluding carboxylic acids is 1. The Labute approximate surface area is 112 Å². The van der Waals surface area contributed by atoms with Crippen LogP contribution in [-0.4, -0.2) is 12.1 Å². The molecule has 3 heteroatoms. The maximum absolute atomic E-state index is 12.5. The van der Waals surface area contributed by atoms with Gasteiger partial charge in [0.2, 0.25) is 0 Å². The van der Waals surface area contributed by atoms with Crippen molar-refractivity contribution in [2.45, 2.75) is 19.3 Å². The maximum atomic E-state index is 12.5. The van der Waals surface area contributed by atoms with E-state index in [-0.39, 0.29) is 12.1 Å². The summed E-state index contributed by atoms with van der Waals surface area (Å²) < 4.78 is 5.80. The molecule has 2 atom stereocenters. The molecule has 2 unspecified atom stereocenters. The molecule has 1 heterocycles. The number of ether oxygens (including phenoxy) is 1. The van der Waals surface area contributed by atoms with Crippen molar-refractivity contribution >= 4 is 11.6 Å². The van der Waals surface area contributed by atoms with Gasteiger partial charge in [0, 0.05) is 5.69 Å². The monoisotopic (exact) mass is 253 g/mol. The summed E-state index contributed by atoms with van der Waals surface area (Å²) in [6, 6.07) is 19.2. The van der Waals surface area contributed by atoms with Gasteiger partial charge in [0.05, 0.1) is 0 Å². The Morgan fingerprint density at radius 1 is 0.947 bits per heavy atom. The molecule has 0 saturated carbocycles. The molecule has 2 aromatic rings. The van der Waals surface area contributed by atoms with Crippen molar-refractivity contribution < 1.29 is 9.53 Å². The van der Waals surface area contributed by atoms with E-state index < -0.39 is 6.10 Å². The number of anilines is 1. The average Bonchev–Trinajstić information content (AvgIpc) is 2.76. The minimum atomic E-state index is -0.503. The van der Waals surface area contributed by atoms with Gasteiger partial charge in [-0.15, -0.1) is 0 Å². The number of para-hydroxylation sites is 1. The zero-order valence-electron chi connectivity index (χ0n) is 10.7. The number of nitrogens with zero attached hydrogens (tertiary/aromatic N) is 1. The number of hydrogen-bond donors (Lipinski definition) is 0. The van der Waals surface area contributed by atoms with Gasteiger partial charge in [-0.3, -0.25) is 9.69 Å². The summed E-state index contributed by atoms with van der Waals surface area (Å²) in [7, 11) is 0. The number of hydrogen-bond acceptors (Lipinski definition) is 2. The highest BCUT2D eigenvalue weighted by atomic mass is 16.5. The van der Waals surface area contributed by atoms with Gasteiger partial charge in [-0.2, -0.15) is 0 Å². The van der Waals surface area contributed by atoms with Gasteiger partial charge in [-0.25, -0.2) is 0 Å². The van der Waals surface area contributed by atoms with Crippen LogP contribution in [0.2, 0.25) is 0 Å². The van der Waals surface area contributed by atoms with Gasteiger partial charge in [-0.05, 0) is 24.6 Å². The van der Waals surface area contributed by atoms with Crippen LogP contribution in [0.15, 0.2) is 60.7 Å². The van der Waals surface area contributed by atoms with Crippen molar-refractivity contribution in [1.29, 1.82) is 0 Å². The fraction of sp³-hybridized carbons (Fsp3) is 0.188. The zero-order valence-corrected chi connectivity index (χ0v) is 10.7. The molecule has 1 aliphatic rings. The summed E-state index contributed by atoms with van der Waals surface area (Å²) in [6.45, 7) is 1.90. The molecule has 1 saturated heterocycles. The number of benzene rings is 2. The Bertz CT molecular complexity index is 568. The first-order valence-corrected chi connectivity index (χ1v) is 6.36. The molecule has 19 heavy (non-hydrogen) atoms. The standard InChI is InChI=1S/C16H15NO2/c1-12-17(14-10-6-3-7-11-14)16(18)15(19-12)13-8-4-2-5-9-13/h2-12,15H,1H3. The molecule has 0 radical (unpaired) electrons. The molecule has 1 aliphatic heterocycles. The first-order valence-electron chi connectivity index (χ1n) is 6.36. The Hall–Kier alpha value is -2.13. The fourth-order valence-electron chi connectivity index (χ4n) is 2.40. The van der Waals surface area contributed by atoms with Crippen molar-refractivity contribution in [3.63, 3.8) is 0 Å². The molecule has 0 bridgehead atoms. The van der Waals surface area contributed by atoms with Gasteiger partial charge < -0.3 is 4.74 Å². The number of rotatable bonds is 2. The molecule has 3 rings (SSSR count). The van der Waals surface area contributed by atoms with Crippen LogP contribution < -0.4 is 4.90 Å². The summed E-state index contributed by atoms with van der Waals surface area (Å²) in [5, 5.41) is 0. The van der Waals surface area contributed by atoms with Crippen molar-refractivity contribution in [2.24, 2.45) is 0 Å². The van der Waals surface area contributed by atoms with E-state index in [0.717, 1.165) is 11.3 Å². The second-order valence-electron chi connectivity index (χ2n) is 4.57. The van der Waals surface area contributed by atoms with Crippen LogP contribution in [0.5, 0.6) is 0 Å². The second-order valence-corrected chi connectivity index (χ2v) is 4.57. The fourth-order valence-corrected chi connectivity index (χ4v) is 2.40. The summed E-state index contributed by atoms with van der Waals surface area (Å²) in [6.07, 6.45) is -0.753. The molecule has 0 aliphatic carbocycles. The van der Waals surface area contributed by atoms with Gasteiger partial charge >= 0.3 is 0 Å². The van der Waals surface area contributed by atoms with Crippen LogP contribution in [0.25, 0.3) is 0 Å². The van der Waals surface area contributed by atoms with E-state index in [0.29, 0.717) is 0 Å². The van der Waals surface area contributed by atoms with E-state index >= 15 is 0 Å². The molecular weight excluding hydrogens is 238 g/mol. The van der Waals surface area contributed by atoms with E-state index in [1.807, 2.05) is 67.6 Å². The summed E-state index contributed by atoms with van der Waals surface area (Å²) in [4.78, 5) is 14.2. The third-order valence-electron chi connectivity index (χ3n) is 3.30. The van der Waals surface area contributed by atoms with E-state index in [1.165, 1.54) is 0 Å². The average molecular weight is 253 g/mol. The molecule has 0 N–H and O–H groups in total. The molecule has 0 aromatic heterocycles. The molecule has 0 spiro atoms. The molecule has 3 nitrogen and oxygen atoms in total. The summed E-state index contributed by atoms with van der Waals surface area (Å²) in [5.41, 5.74) is 1.77. The number of amides is 1. The van der Waals surface area contributed by atoms with Crippen molar-refractivity contribution in [1.82, 2.24) is 0 Å². The lowest BCUT2D eigenvalue weighted by molar-refractivity contribution is -0.122. The molecule has 1 fully saturated rings. The van der Waals surface area contributed by atoms with Gasteiger partial charge in [0.1, 0.15) is 6.23 Å². The highest BCUT2D eigenvalue weighted by molar-refractivity contribution is 5.99. The summed E-state index contributed by atoms with van der Waals surface area (Å²) in [5.74, 6) is -0.00935. The normalized spacial score (nSPS) is 22.8. The van der Waals surface area contributed by atoms with Gasteiger partial charge in [0.15, 0.2) is 6.10 Å². The Morgan fingerprint density at radius 2 is 1.53 bits per heavy atom. The van der Waals surface area contributed by atoms with E-state index in [9.17, 15) is 4.79 Å². The lowest BCUT2D eigenvalue weighted by atomic mass is 10.1. The van der Waals surface area contributed by atoms with E-state index in [4.69, 9.17) is 4.74 Å². The minimum Gasteiger partial charge on any atom is -0.340 e. The largest absolute Gasteiger partial charge is 0.340 e. The van der Waals surface area contributed by atoms with Crippen LogP contribution in [0.3, 0.4) is 0 Å². The van der Waals surface area contributed by atoms with Crippen molar-refractivity contribution in [2.75, 3.05) is 4.90 Å². The Kier molecular flexibility index (Phi) is 3.05. The quantitative estimate of drug-likeness (QED) is 0.823. The highest BCUT2D eigenvalue weighted by Gasteiger charge is 2.39. The SMILES string of the molecule is CC1OC(c2ccccc2)C(=O)N1c1ccccc1. The van der Waals surface area contributed by atoms with Crippen LogP contribution in [0.1, 0.15) is 18.6 Å². The molecule has 2 aromatic carbocycles. The third kappa shape index (κ3) is 2.13. The van der Waals surface area contributed by atoms with Gasteiger partial charge in [0.25, 0.3) is 5.91 Å². The van der Waals surface area contributed by atoms with Gasteiger partial charge in [-0.1, -0.05) is 48.5 Å². The lowest BCUT2D eigenvalue weighted by Crippen LogP contribution is -2.31. The lowest BCUT2D eigenvalue weighted by Gasteiger charge is -2.19. The first kappa shape index (κ1) is 11.9. The highest BCUT2D eigenvalue weighted by Crippen LogP contribution is 2.33. The van der Waals surface area contributed by atoms with E-state index in [1.54, 1.807) is 4.90 Å².